The van der Waals surface area contributed by atoms with Crippen molar-refractivity contribution in [2.75, 3.05) is 5.32 Å². The fourth-order valence-corrected chi connectivity index (χ4v) is 5.82. The van der Waals surface area contributed by atoms with Crippen LogP contribution in [0.4, 0.5) is 14.6 Å². The standard InChI is InChI=1S/C26H31F2N3O2/c1-16-18(10-12-25(32)30-26-24(28)14-19(27)15-29-26)13-20(31-33)6-4-8-23-21(16)11-9-17-5-2-3-7-22(17)23/h2-3,5,7,14-16,18,21,23,33H,4,6,8-13H2,1H3,(H,29,30,32)/b31-20-/t16?,18-,21?,23?/m1/s1. The van der Waals surface area contributed by atoms with E-state index in [1.54, 1.807) is 0 Å². The Bertz CT molecular complexity index is 1030. The normalized spacial score (nSPS) is 26.5. The summed E-state index contributed by atoms with van der Waals surface area (Å²) in [6, 6.07) is 9.41. The van der Waals surface area contributed by atoms with Crippen LogP contribution in [0.3, 0.4) is 0 Å². The number of hydrogen-bond acceptors (Lipinski definition) is 4. The lowest BCUT2D eigenvalue weighted by Crippen LogP contribution is -2.31. The summed E-state index contributed by atoms with van der Waals surface area (Å²) in [5.41, 5.74) is 3.66. The van der Waals surface area contributed by atoms with Crippen LogP contribution in [0.2, 0.25) is 0 Å². The number of nitrogens with one attached hydrogen (secondary N) is 1. The number of nitrogens with zero attached hydrogens (tertiary/aromatic N) is 2. The zero-order chi connectivity index (χ0) is 23.4. The highest BCUT2D eigenvalue weighted by Crippen LogP contribution is 2.47. The van der Waals surface area contributed by atoms with Crippen molar-refractivity contribution in [3.8, 4) is 0 Å². The third-order valence-corrected chi connectivity index (χ3v) is 7.56. The highest BCUT2D eigenvalue weighted by Gasteiger charge is 2.37. The molecule has 0 saturated heterocycles. The minimum atomic E-state index is -0.891. The molecule has 1 amide bonds. The maximum Gasteiger partial charge on any atom is 0.225 e. The first-order valence-corrected chi connectivity index (χ1v) is 11.8. The van der Waals surface area contributed by atoms with Gasteiger partial charge in [0.2, 0.25) is 5.91 Å². The van der Waals surface area contributed by atoms with E-state index in [0.29, 0.717) is 36.7 Å². The molecular formula is C26H31F2N3O2. The summed E-state index contributed by atoms with van der Waals surface area (Å²) in [5.74, 6) is -0.810. The van der Waals surface area contributed by atoms with Gasteiger partial charge in [0.15, 0.2) is 11.6 Å². The molecule has 33 heavy (non-hydrogen) atoms. The van der Waals surface area contributed by atoms with E-state index in [4.69, 9.17) is 0 Å². The SMILES string of the molecule is CC1C2CCc3ccccc3C2CCC/C(=N/O)C[C@H]1CCC(=O)Nc1ncc(F)cc1F. The van der Waals surface area contributed by atoms with Crippen molar-refractivity contribution >= 4 is 17.4 Å². The number of hydrogen-bond donors (Lipinski definition) is 2. The highest BCUT2D eigenvalue weighted by atomic mass is 19.1. The molecule has 0 radical (unpaired) electrons. The molecule has 0 spiro atoms. The van der Waals surface area contributed by atoms with E-state index in [1.807, 2.05) is 0 Å². The van der Waals surface area contributed by atoms with E-state index in [-0.39, 0.29) is 24.1 Å². The van der Waals surface area contributed by atoms with Crippen molar-refractivity contribution in [2.45, 2.75) is 64.2 Å². The van der Waals surface area contributed by atoms with E-state index in [0.717, 1.165) is 44.0 Å². The lowest BCUT2D eigenvalue weighted by molar-refractivity contribution is -0.116. The van der Waals surface area contributed by atoms with E-state index >= 15 is 0 Å². The summed E-state index contributed by atoms with van der Waals surface area (Å²) < 4.78 is 26.9. The van der Waals surface area contributed by atoms with E-state index in [2.05, 4.69) is 46.6 Å². The van der Waals surface area contributed by atoms with Gasteiger partial charge in [-0.25, -0.2) is 13.8 Å². The van der Waals surface area contributed by atoms with E-state index in [1.165, 1.54) is 11.1 Å². The number of halogens is 2. The molecule has 0 aliphatic heterocycles. The molecule has 2 aliphatic carbocycles. The van der Waals surface area contributed by atoms with Gasteiger partial charge in [-0.3, -0.25) is 4.79 Å². The second-order valence-electron chi connectivity index (χ2n) is 9.46. The molecule has 7 heteroatoms. The number of anilines is 1. The van der Waals surface area contributed by atoms with Crippen molar-refractivity contribution in [3.63, 3.8) is 0 Å². The molecule has 1 aromatic carbocycles. The Labute approximate surface area is 193 Å². The highest BCUT2D eigenvalue weighted by molar-refractivity contribution is 5.90. The molecule has 2 aromatic rings. The molecule has 1 fully saturated rings. The van der Waals surface area contributed by atoms with Crippen molar-refractivity contribution in [1.82, 2.24) is 4.98 Å². The molecule has 4 rings (SSSR count). The zero-order valence-corrected chi connectivity index (χ0v) is 18.9. The van der Waals surface area contributed by atoms with Crippen LogP contribution in [0.25, 0.3) is 0 Å². The largest absolute Gasteiger partial charge is 0.411 e. The first-order valence-electron chi connectivity index (χ1n) is 11.8. The van der Waals surface area contributed by atoms with Crippen LogP contribution in [0.1, 0.15) is 68.9 Å². The lowest BCUT2D eigenvalue weighted by atomic mass is 9.65. The minimum absolute atomic E-state index is 0.170. The van der Waals surface area contributed by atoms with Crippen molar-refractivity contribution < 1.29 is 18.8 Å². The van der Waals surface area contributed by atoms with Gasteiger partial charge < -0.3 is 10.5 Å². The van der Waals surface area contributed by atoms with Gasteiger partial charge in [-0.2, -0.15) is 0 Å². The number of aryl methyl sites for hydroxylation is 1. The van der Waals surface area contributed by atoms with Gasteiger partial charge in [-0.1, -0.05) is 36.3 Å². The van der Waals surface area contributed by atoms with E-state index in [9.17, 15) is 18.8 Å². The Hall–Kier alpha value is -2.83. The monoisotopic (exact) mass is 455 g/mol. The van der Waals surface area contributed by atoms with Crippen molar-refractivity contribution in [2.24, 2.45) is 22.9 Å². The first kappa shape index (κ1) is 23.3. The summed E-state index contributed by atoms with van der Waals surface area (Å²) >= 11 is 0. The Balaban J connectivity index is 1.49. The summed E-state index contributed by atoms with van der Waals surface area (Å²) in [4.78, 5) is 16.2. The number of oxime groups is 1. The second-order valence-corrected chi connectivity index (χ2v) is 9.46. The predicted molar refractivity (Wildman–Crippen MR) is 123 cm³/mol. The van der Waals surface area contributed by atoms with Crippen molar-refractivity contribution in [3.05, 3.63) is 59.3 Å². The average Bonchev–Trinajstić information content (AvgIpc) is 2.88. The van der Waals surface area contributed by atoms with Gasteiger partial charge in [-0.05, 0) is 79.7 Å². The number of fused-ring (bicyclic) bond motifs is 3. The van der Waals surface area contributed by atoms with Gasteiger partial charge in [-0.15, -0.1) is 0 Å². The Morgan fingerprint density at radius 1 is 1.24 bits per heavy atom. The Kier molecular flexibility index (Phi) is 7.36. The summed E-state index contributed by atoms with van der Waals surface area (Å²) in [5, 5.41) is 15.6. The first-order chi connectivity index (χ1) is 16.0. The fourth-order valence-electron chi connectivity index (χ4n) is 5.82. The number of carbonyl (C=O) groups is 1. The molecule has 176 valence electrons. The zero-order valence-electron chi connectivity index (χ0n) is 18.9. The topological polar surface area (TPSA) is 74.6 Å². The smallest absolute Gasteiger partial charge is 0.225 e. The second kappa shape index (κ2) is 10.4. The maximum absolute atomic E-state index is 13.9. The summed E-state index contributed by atoms with van der Waals surface area (Å²) in [7, 11) is 0. The number of pyridine rings is 1. The number of rotatable bonds is 4. The maximum atomic E-state index is 13.9. The van der Waals surface area contributed by atoms with Gasteiger partial charge in [0, 0.05) is 12.5 Å². The minimum Gasteiger partial charge on any atom is -0.411 e. The van der Waals surface area contributed by atoms with Crippen LogP contribution < -0.4 is 5.32 Å². The van der Waals surface area contributed by atoms with Gasteiger partial charge in [0.1, 0.15) is 5.82 Å². The van der Waals surface area contributed by atoms with Crippen LogP contribution in [0.15, 0.2) is 41.7 Å². The van der Waals surface area contributed by atoms with Crippen LogP contribution in [-0.4, -0.2) is 21.8 Å². The van der Waals surface area contributed by atoms with Gasteiger partial charge >= 0.3 is 0 Å². The fraction of sp³-hybridized carbons (Fsp3) is 0.500. The molecule has 0 bridgehead atoms. The lowest BCUT2D eigenvalue weighted by Gasteiger charge is -2.40. The van der Waals surface area contributed by atoms with Crippen LogP contribution in [0, 0.1) is 29.4 Å². The number of aromatic nitrogens is 1. The molecule has 4 atom stereocenters. The predicted octanol–water partition coefficient (Wildman–Crippen LogP) is 6.08. The molecule has 3 unspecified atom stereocenters. The number of amides is 1. The third kappa shape index (κ3) is 5.40. The quantitative estimate of drug-likeness (QED) is 0.433. The third-order valence-electron chi connectivity index (χ3n) is 7.56. The summed E-state index contributed by atoms with van der Waals surface area (Å²) in [6.45, 7) is 2.26. The van der Waals surface area contributed by atoms with Crippen LogP contribution >= 0.6 is 0 Å². The molecule has 1 aromatic heterocycles. The van der Waals surface area contributed by atoms with Gasteiger partial charge in [0.25, 0.3) is 0 Å². The van der Waals surface area contributed by atoms with Crippen LogP contribution in [0.5, 0.6) is 0 Å². The molecular weight excluding hydrogens is 424 g/mol. The molecule has 2 N–H and O–H groups in total. The van der Waals surface area contributed by atoms with Gasteiger partial charge in [0.05, 0.1) is 11.9 Å². The summed E-state index contributed by atoms with van der Waals surface area (Å²) in [6.07, 6.45) is 7.29. The number of benzene rings is 1. The Morgan fingerprint density at radius 2 is 2.06 bits per heavy atom. The molecule has 1 heterocycles. The molecule has 2 aliphatic rings. The molecule has 1 saturated carbocycles. The average molecular weight is 456 g/mol. The van der Waals surface area contributed by atoms with E-state index < -0.39 is 11.6 Å². The number of carbonyl (C=O) groups excluding carboxylic acids is 1. The Morgan fingerprint density at radius 3 is 2.85 bits per heavy atom. The van der Waals surface area contributed by atoms with Crippen LogP contribution in [-0.2, 0) is 11.2 Å². The molecule has 5 nitrogen and oxygen atoms in total. The van der Waals surface area contributed by atoms with Crippen molar-refractivity contribution in [1.29, 1.82) is 0 Å².